The lowest BCUT2D eigenvalue weighted by Crippen LogP contribution is -2.49. The summed E-state index contributed by atoms with van der Waals surface area (Å²) in [4.78, 5) is 3.82. The van der Waals surface area contributed by atoms with Crippen molar-refractivity contribution in [3.8, 4) is 0 Å². The highest BCUT2D eigenvalue weighted by Crippen LogP contribution is 2.39. The Morgan fingerprint density at radius 3 is 2.36 bits per heavy atom. The highest BCUT2D eigenvalue weighted by molar-refractivity contribution is 5.62. The van der Waals surface area contributed by atoms with Crippen molar-refractivity contribution in [1.29, 1.82) is 0 Å². The summed E-state index contributed by atoms with van der Waals surface area (Å²) >= 11 is 0. The van der Waals surface area contributed by atoms with E-state index in [0.29, 0.717) is 0 Å². The van der Waals surface area contributed by atoms with Crippen molar-refractivity contribution in [2.75, 3.05) is 0 Å². The SMILES string of the molecule is CC1C=NOC1(O)C(F)(F)F. The van der Waals surface area contributed by atoms with Gasteiger partial charge in [0.2, 0.25) is 0 Å². The van der Waals surface area contributed by atoms with Crippen molar-refractivity contribution >= 4 is 6.21 Å². The predicted molar refractivity (Wildman–Crippen MR) is 29.7 cm³/mol. The van der Waals surface area contributed by atoms with Gasteiger partial charge >= 0.3 is 12.0 Å². The normalized spacial score (nSPS) is 37.4. The first kappa shape index (κ1) is 8.32. The van der Waals surface area contributed by atoms with Gasteiger partial charge in [-0.05, 0) is 0 Å². The highest BCUT2D eigenvalue weighted by Gasteiger charge is 2.62. The average Bonchev–Trinajstić information content (AvgIpc) is 2.12. The Labute approximate surface area is 60.4 Å². The first-order valence-corrected chi connectivity index (χ1v) is 2.88. The number of oxime groups is 1. The van der Waals surface area contributed by atoms with Crippen LogP contribution >= 0.6 is 0 Å². The lowest BCUT2D eigenvalue weighted by molar-refractivity contribution is -0.368. The van der Waals surface area contributed by atoms with Crippen molar-refractivity contribution in [1.82, 2.24) is 0 Å². The molecule has 1 N–H and O–H groups in total. The molecule has 6 heteroatoms. The molecular formula is C5H6F3NO2. The van der Waals surface area contributed by atoms with Gasteiger partial charge in [0.05, 0.1) is 12.1 Å². The molecule has 0 aromatic heterocycles. The molecule has 0 aliphatic carbocycles. The van der Waals surface area contributed by atoms with Crippen LogP contribution in [0.1, 0.15) is 6.92 Å². The maximum Gasteiger partial charge on any atom is 0.458 e. The number of nitrogens with zero attached hydrogens (tertiary/aromatic N) is 1. The molecule has 1 aliphatic rings. The zero-order valence-electron chi connectivity index (χ0n) is 5.59. The zero-order chi connectivity index (χ0) is 8.70. The van der Waals surface area contributed by atoms with Gasteiger partial charge in [-0.3, -0.25) is 0 Å². The Morgan fingerprint density at radius 2 is 2.18 bits per heavy atom. The predicted octanol–water partition coefficient (Wildman–Crippen LogP) is 0.889. The molecule has 1 rings (SSSR count). The molecule has 2 unspecified atom stereocenters. The second kappa shape index (κ2) is 2.10. The molecule has 0 amide bonds. The minimum atomic E-state index is -4.80. The van der Waals surface area contributed by atoms with Gasteiger partial charge in [0, 0.05) is 0 Å². The van der Waals surface area contributed by atoms with Crippen LogP contribution in [0.5, 0.6) is 0 Å². The van der Waals surface area contributed by atoms with E-state index in [4.69, 9.17) is 5.11 Å². The molecule has 0 saturated heterocycles. The number of alkyl halides is 3. The molecule has 11 heavy (non-hydrogen) atoms. The average molecular weight is 169 g/mol. The maximum absolute atomic E-state index is 11.9. The van der Waals surface area contributed by atoms with E-state index in [1.165, 1.54) is 6.92 Å². The monoisotopic (exact) mass is 169 g/mol. The fourth-order valence-corrected chi connectivity index (χ4v) is 0.696. The lowest BCUT2D eigenvalue weighted by atomic mass is 10.0. The summed E-state index contributed by atoms with van der Waals surface area (Å²) in [6.45, 7) is 1.17. The Hall–Kier alpha value is -0.780. The van der Waals surface area contributed by atoms with Gasteiger partial charge in [0.15, 0.2) is 0 Å². The van der Waals surface area contributed by atoms with Crippen LogP contribution in [0.2, 0.25) is 0 Å². The number of rotatable bonds is 0. The van der Waals surface area contributed by atoms with Crippen molar-refractivity contribution < 1.29 is 23.1 Å². The largest absolute Gasteiger partial charge is 0.458 e. The lowest BCUT2D eigenvalue weighted by Gasteiger charge is -2.26. The van der Waals surface area contributed by atoms with E-state index >= 15 is 0 Å². The molecule has 1 aliphatic heterocycles. The standard InChI is InChI=1S/C5H6F3NO2/c1-3-2-9-11-4(3,10)5(6,7)8/h2-3,10H,1H3. The fraction of sp³-hybridized carbons (Fsp3) is 0.800. The molecule has 0 radical (unpaired) electrons. The van der Waals surface area contributed by atoms with E-state index in [-0.39, 0.29) is 0 Å². The zero-order valence-corrected chi connectivity index (χ0v) is 5.59. The smallest absolute Gasteiger partial charge is 0.350 e. The molecule has 1 heterocycles. The third kappa shape index (κ3) is 1.07. The van der Waals surface area contributed by atoms with Crippen LogP contribution in [0, 0.1) is 5.92 Å². The van der Waals surface area contributed by atoms with Gasteiger partial charge in [-0.25, -0.2) is 0 Å². The van der Waals surface area contributed by atoms with E-state index < -0.39 is 17.9 Å². The van der Waals surface area contributed by atoms with Crippen LogP contribution in [-0.4, -0.2) is 23.3 Å². The number of hydrogen-bond donors (Lipinski definition) is 1. The summed E-state index contributed by atoms with van der Waals surface area (Å²) in [5.41, 5.74) is 0. The third-order valence-electron chi connectivity index (χ3n) is 1.50. The van der Waals surface area contributed by atoms with Gasteiger partial charge in [-0.1, -0.05) is 12.1 Å². The second-order valence-corrected chi connectivity index (χ2v) is 2.33. The van der Waals surface area contributed by atoms with E-state index in [1.807, 2.05) is 0 Å². The van der Waals surface area contributed by atoms with E-state index in [2.05, 4.69) is 9.99 Å². The van der Waals surface area contributed by atoms with Crippen LogP contribution in [0.3, 0.4) is 0 Å². The molecule has 0 aromatic rings. The third-order valence-corrected chi connectivity index (χ3v) is 1.50. The molecule has 0 bridgehead atoms. The molecule has 0 saturated carbocycles. The van der Waals surface area contributed by atoms with Crippen molar-refractivity contribution in [2.45, 2.75) is 18.9 Å². The minimum Gasteiger partial charge on any atom is -0.350 e. The van der Waals surface area contributed by atoms with Gasteiger partial charge in [0.25, 0.3) is 0 Å². The van der Waals surface area contributed by atoms with Gasteiger partial charge in [-0.15, -0.1) is 0 Å². The van der Waals surface area contributed by atoms with E-state index in [0.717, 1.165) is 6.21 Å². The summed E-state index contributed by atoms with van der Waals surface area (Å²) in [6, 6.07) is 0. The quantitative estimate of drug-likeness (QED) is 0.585. The number of aliphatic hydroxyl groups is 1. The van der Waals surface area contributed by atoms with E-state index in [1.54, 1.807) is 0 Å². The summed E-state index contributed by atoms with van der Waals surface area (Å²) in [5.74, 6) is -4.30. The molecule has 0 aromatic carbocycles. The first-order chi connectivity index (χ1) is 4.88. The Bertz CT molecular complexity index is 191. The maximum atomic E-state index is 11.9. The molecule has 0 fully saturated rings. The Kier molecular flexibility index (Phi) is 1.59. The van der Waals surface area contributed by atoms with Gasteiger partial charge in [0.1, 0.15) is 0 Å². The van der Waals surface area contributed by atoms with Crippen molar-refractivity contribution in [3.63, 3.8) is 0 Å². The summed E-state index contributed by atoms with van der Waals surface area (Å²) in [6.07, 6.45) is -3.89. The van der Waals surface area contributed by atoms with Crippen LogP contribution in [-0.2, 0) is 4.84 Å². The van der Waals surface area contributed by atoms with Crippen molar-refractivity contribution in [2.24, 2.45) is 11.1 Å². The van der Waals surface area contributed by atoms with Crippen LogP contribution in [0.15, 0.2) is 5.16 Å². The van der Waals surface area contributed by atoms with Crippen LogP contribution in [0.25, 0.3) is 0 Å². The summed E-state index contributed by atoms with van der Waals surface area (Å²) in [5, 5.41) is 11.7. The molecule has 0 spiro atoms. The highest BCUT2D eigenvalue weighted by atomic mass is 19.4. The molecule has 2 atom stereocenters. The summed E-state index contributed by atoms with van der Waals surface area (Å²) in [7, 11) is 0. The van der Waals surface area contributed by atoms with Gasteiger partial charge in [-0.2, -0.15) is 13.2 Å². The molecule has 64 valence electrons. The minimum absolute atomic E-state index is 0.910. The fourth-order valence-electron chi connectivity index (χ4n) is 0.696. The number of halogens is 3. The number of hydrogen-bond acceptors (Lipinski definition) is 3. The second-order valence-electron chi connectivity index (χ2n) is 2.33. The van der Waals surface area contributed by atoms with Crippen LogP contribution < -0.4 is 0 Å². The van der Waals surface area contributed by atoms with Crippen LogP contribution in [0.4, 0.5) is 13.2 Å². The molecular weight excluding hydrogens is 163 g/mol. The Balaban J connectivity index is 2.85. The van der Waals surface area contributed by atoms with Crippen molar-refractivity contribution in [3.05, 3.63) is 0 Å². The molecule has 3 nitrogen and oxygen atoms in total. The Morgan fingerprint density at radius 1 is 1.64 bits per heavy atom. The van der Waals surface area contributed by atoms with E-state index in [9.17, 15) is 13.2 Å². The van der Waals surface area contributed by atoms with Gasteiger partial charge < -0.3 is 9.94 Å². The first-order valence-electron chi connectivity index (χ1n) is 2.88. The summed E-state index contributed by atoms with van der Waals surface area (Å²) < 4.78 is 35.8. The topological polar surface area (TPSA) is 41.8 Å².